The first-order valence-electron chi connectivity index (χ1n) is 7.79. The van der Waals surface area contributed by atoms with Crippen molar-refractivity contribution in [3.63, 3.8) is 0 Å². The zero-order valence-corrected chi connectivity index (χ0v) is 15.1. The Morgan fingerprint density at radius 2 is 1.89 bits per heavy atom. The molecule has 0 aliphatic carbocycles. The molecule has 0 spiro atoms. The molecule has 0 amide bonds. The topological polar surface area (TPSA) is 68.7 Å². The summed E-state index contributed by atoms with van der Waals surface area (Å²) in [5.74, 6) is -3.16. The molecule has 3 rings (SSSR count). The number of methoxy groups -OCH3 is 1. The lowest BCUT2D eigenvalue weighted by Crippen LogP contribution is -2.32. The molecule has 0 N–H and O–H groups in total. The van der Waals surface area contributed by atoms with Crippen LogP contribution in [-0.4, -0.2) is 32.6 Å². The monoisotopic (exact) mass is 424 g/mol. The summed E-state index contributed by atoms with van der Waals surface area (Å²) < 4.78 is 95.5. The number of pyridine rings is 1. The molecule has 1 aromatic carbocycles. The third-order valence-electron chi connectivity index (χ3n) is 4.07. The van der Waals surface area contributed by atoms with Crippen molar-refractivity contribution in [3.05, 3.63) is 47.2 Å². The van der Waals surface area contributed by atoms with E-state index >= 15 is 0 Å². The second kappa shape index (κ2) is 7.08. The SMILES string of the molecule is COc1cc(N2CCc3nc(OS(=O)(=O)C(F)(F)F)ccc3C2)cc(F)c1F. The summed E-state index contributed by atoms with van der Waals surface area (Å²) in [6.45, 7) is 0.479. The Labute approximate surface area is 156 Å². The first kappa shape index (κ1) is 20.1. The standard InChI is InChI=1S/C16H13F5N2O4S/c1-26-13-7-10(6-11(17)15(13)18)23-5-4-12-9(8-23)2-3-14(22-12)27-28(24,25)16(19,20)21/h2-3,6-7H,4-5,8H2,1H3. The van der Waals surface area contributed by atoms with Gasteiger partial charge in [-0.05, 0) is 5.56 Å². The van der Waals surface area contributed by atoms with E-state index < -0.39 is 33.1 Å². The highest BCUT2D eigenvalue weighted by Crippen LogP contribution is 2.32. The van der Waals surface area contributed by atoms with E-state index in [1.165, 1.54) is 19.2 Å². The Morgan fingerprint density at radius 1 is 1.18 bits per heavy atom. The Morgan fingerprint density at radius 3 is 2.54 bits per heavy atom. The van der Waals surface area contributed by atoms with E-state index in [0.29, 0.717) is 16.9 Å². The summed E-state index contributed by atoms with van der Waals surface area (Å²) in [6.07, 6.45) is 0.222. The number of alkyl halides is 3. The number of halogens is 5. The van der Waals surface area contributed by atoms with Crippen LogP contribution in [0.4, 0.5) is 27.6 Å². The highest BCUT2D eigenvalue weighted by molar-refractivity contribution is 7.87. The van der Waals surface area contributed by atoms with Crippen molar-refractivity contribution >= 4 is 15.8 Å². The van der Waals surface area contributed by atoms with E-state index in [-0.39, 0.29) is 25.3 Å². The van der Waals surface area contributed by atoms with Gasteiger partial charge in [0, 0.05) is 43.4 Å². The minimum Gasteiger partial charge on any atom is -0.493 e. The lowest BCUT2D eigenvalue weighted by Gasteiger charge is -2.30. The number of anilines is 1. The maximum atomic E-state index is 13.7. The summed E-state index contributed by atoms with van der Waals surface area (Å²) in [4.78, 5) is 5.52. The van der Waals surface area contributed by atoms with Gasteiger partial charge in [-0.15, -0.1) is 0 Å². The molecule has 0 unspecified atom stereocenters. The summed E-state index contributed by atoms with van der Waals surface area (Å²) >= 11 is 0. The van der Waals surface area contributed by atoms with E-state index in [9.17, 15) is 30.4 Å². The zero-order valence-electron chi connectivity index (χ0n) is 14.3. The molecule has 152 valence electrons. The molecular formula is C16H13F5N2O4S. The van der Waals surface area contributed by atoms with Crippen LogP contribution < -0.4 is 13.8 Å². The second-order valence-corrected chi connectivity index (χ2v) is 7.39. The van der Waals surface area contributed by atoms with Crippen LogP contribution in [0.5, 0.6) is 11.6 Å². The molecule has 0 bridgehead atoms. The van der Waals surface area contributed by atoms with Crippen LogP contribution in [0, 0.1) is 11.6 Å². The summed E-state index contributed by atoms with van der Waals surface area (Å²) in [5.41, 5.74) is -4.29. The average Bonchev–Trinajstić information content (AvgIpc) is 2.62. The Hall–Kier alpha value is -2.63. The molecule has 6 nitrogen and oxygen atoms in total. The largest absolute Gasteiger partial charge is 0.534 e. The van der Waals surface area contributed by atoms with Gasteiger partial charge in [-0.3, -0.25) is 0 Å². The number of hydrogen-bond acceptors (Lipinski definition) is 6. The van der Waals surface area contributed by atoms with E-state index in [2.05, 4.69) is 9.17 Å². The molecule has 12 heteroatoms. The van der Waals surface area contributed by atoms with E-state index in [1.807, 2.05) is 0 Å². The molecule has 0 saturated carbocycles. The summed E-state index contributed by atoms with van der Waals surface area (Å²) in [7, 11) is -4.61. The summed E-state index contributed by atoms with van der Waals surface area (Å²) in [6, 6.07) is 4.69. The van der Waals surface area contributed by atoms with Gasteiger partial charge >= 0.3 is 15.6 Å². The number of ether oxygens (including phenoxy) is 1. The predicted molar refractivity (Wildman–Crippen MR) is 87.5 cm³/mol. The maximum absolute atomic E-state index is 13.7. The van der Waals surface area contributed by atoms with Gasteiger partial charge < -0.3 is 13.8 Å². The lowest BCUT2D eigenvalue weighted by atomic mass is 10.0. The fraction of sp³-hybridized carbons (Fsp3) is 0.312. The van der Waals surface area contributed by atoms with Crippen LogP contribution in [0.15, 0.2) is 24.3 Å². The fourth-order valence-electron chi connectivity index (χ4n) is 2.70. The molecule has 1 aliphatic rings. The number of hydrogen-bond donors (Lipinski definition) is 0. The number of fused-ring (bicyclic) bond motifs is 1. The van der Waals surface area contributed by atoms with Crippen molar-refractivity contribution in [2.24, 2.45) is 0 Å². The fourth-order valence-corrected chi connectivity index (χ4v) is 3.12. The molecule has 0 atom stereocenters. The van der Waals surface area contributed by atoms with Gasteiger partial charge in [-0.25, -0.2) is 9.37 Å². The van der Waals surface area contributed by atoms with Crippen molar-refractivity contribution in [1.82, 2.24) is 4.98 Å². The van der Waals surface area contributed by atoms with Gasteiger partial charge in [-0.1, -0.05) is 6.07 Å². The first-order valence-corrected chi connectivity index (χ1v) is 9.20. The van der Waals surface area contributed by atoms with E-state index in [4.69, 9.17) is 4.74 Å². The smallest absolute Gasteiger partial charge is 0.493 e. The maximum Gasteiger partial charge on any atom is 0.534 e. The number of rotatable bonds is 4. The molecule has 0 fully saturated rings. The quantitative estimate of drug-likeness (QED) is 0.427. The molecule has 1 aromatic heterocycles. The molecule has 1 aliphatic heterocycles. The minimum absolute atomic E-state index is 0.197. The Balaban J connectivity index is 1.83. The lowest BCUT2D eigenvalue weighted by molar-refractivity contribution is -0.0501. The van der Waals surface area contributed by atoms with Gasteiger partial charge in [-0.2, -0.15) is 26.0 Å². The molecule has 2 heterocycles. The van der Waals surface area contributed by atoms with Crippen LogP contribution in [0.1, 0.15) is 11.3 Å². The van der Waals surface area contributed by atoms with Crippen molar-refractivity contribution in [2.45, 2.75) is 18.5 Å². The van der Waals surface area contributed by atoms with Crippen molar-refractivity contribution < 1.29 is 39.3 Å². The summed E-state index contributed by atoms with van der Waals surface area (Å²) in [5, 5.41) is 0. The average molecular weight is 424 g/mol. The van der Waals surface area contributed by atoms with Crippen LogP contribution in [-0.2, 0) is 23.1 Å². The van der Waals surface area contributed by atoms with Crippen molar-refractivity contribution in [2.75, 3.05) is 18.6 Å². The molecule has 0 saturated heterocycles. The van der Waals surface area contributed by atoms with E-state index in [1.54, 1.807) is 4.90 Å². The highest BCUT2D eigenvalue weighted by atomic mass is 32.2. The van der Waals surface area contributed by atoms with Gasteiger partial charge in [0.25, 0.3) is 0 Å². The molecule has 2 aromatic rings. The van der Waals surface area contributed by atoms with Gasteiger partial charge in [0.1, 0.15) is 0 Å². The molecule has 28 heavy (non-hydrogen) atoms. The first-order chi connectivity index (χ1) is 13.0. The Kier molecular flexibility index (Phi) is 5.08. The van der Waals surface area contributed by atoms with Gasteiger partial charge in [0.2, 0.25) is 11.7 Å². The molecule has 0 radical (unpaired) electrons. The van der Waals surface area contributed by atoms with Crippen molar-refractivity contribution in [1.29, 1.82) is 0 Å². The zero-order chi connectivity index (χ0) is 20.7. The molecular weight excluding hydrogens is 411 g/mol. The van der Waals surface area contributed by atoms with Gasteiger partial charge in [0.05, 0.1) is 12.8 Å². The van der Waals surface area contributed by atoms with Crippen LogP contribution in [0.25, 0.3) is 0 Å². The van der Waals surface area contributed by atoms with Crippen LogP contribution in [0.2, 0.25) is 0 Å². The number of nitrogens with zero attached hydrogens (tertiary/aromatic N) is 2. The normalized spacial score (nSPS) is 14.6. The van der Waals surface area contributed by atoms with Crippen LogP contribution >= 0.6 is 0 Å². The number of benzene rings is 1. The number of aromatic nitrogens is 1. The second-order valence-electron chi connectivity index (χ2n) is 5.85. The highest BCUT2D eigenvalue weighted by Gasteiger charge is 2.48. The predicted octanol–water partition coefficient (Wildman–Crippen LogP) is 3.16. The van der Waals surface area contributed by atoms with Gasteiger partial charge in [0.15, 0.2) is 11.6 Å². The van der Waals surface area contributed by atoms with Crippen molar-refractivity contribution in [3.8, 4) is 11.6 Å². The van der Waals surface area contributed by atoms with Crippen LogP contribution in [0.3, 0.4) is 0 Å². The third kappa shape index (κ3) is 3.81. The van der Waals surface area contributed by atoms with E-state index in [0.717, 1.165) is 12.1 Å². The Bertz CT molecular complexity index is 1010. The third-order valence-corrected chi connectivity index (χ3v) is 5.02. The minimum atomic E-state index is -5.81.